The minimum absolute atomic E-state index is 0.144. The Morgan fingerprint density at radius 1 is 1.14 bits per heavy atom. The SMILES string of the molecule is COC(C1=Cc2cccnc2[C@@H](N2CCN(C(=O)Nc3ccc(C#N)cc3)CC2)c2ccc(Cl)cc21)c1cncn1C. The first-order valence-electron chi connectivity index (χ1n) is 13.7. The van der Waals surface area contributed by atoms with Crippen LogP contribution >= 0.6 is 11.6 Å². The van der Waals surface area contributed by atoms with E-state index in [1.807, 2.05) is 47.1 Å². The molecule has 2 aromatic heterocycles. The average Bonchev–Trinajstić information content (AvgIpc) is 3.38. The molecule has 1 saturated heterocycles. The van der Waals surface area contributed by atoms with Gasteiger partial charge in [0.1, 0.15) is 6.10 Å². The number of nitriles is 1. The maximum Gasteiger partial charge on any atom is 0.321 e. The molecule has 0 bridgehead atoms. The number of urea groups is 1. The molecule has 0 spiro atoms. The average molecular weight is 580 g/mol. The van der Waals surface area contributed by atoms with Crippen molar-refractivity contribution < 1.29 is 9.53 Å². The first kappa shape index (κ1) is 27.7. The lowest BCUT2D eigenvalue weighted by Gasteiger charge is -2.39. The maximum absolute atomic E-state index is 13.1. The molecule has 10 heteroatoms. The molecule has 2 amide bonds. The number of aromatic nitrogens is 3. The molecule has 2 atom stereocenters. The number of carbonyl (C=O) groups is 1. The van der Waals surface area contributed by atoms with Gasteiger partial charge in [-0.15, -0.1) is 0 Å². The van der Waals surface area contributed by atoms with E-state index in [-0.39, 0.29) is 18.2 Å². The monoisotopic (exact) mass is 579 g/mol. The number of benzene rings is 2. The van der Waals surface area contributed by atoms with Gasteiger partial charge < -0.3 is 19.5 Å². The van der Waals surface area contributed by atoms with Gasteiger partial charge in [0.15, 0.2) is 0 Å². The topological polar surface area (TPSA) is 99.3 Å². The first-order chi connectivity index (χ1) is 20.5. The van der Waals surface area contributed by atoms with Crippen LogP contribution in [-0.4, -0.2) is 63.7 Å². The fourth-order valence-corrected chi connectivity index (χ4v) is 5.99. The number of amides is 2. The molecule has 1 unspecified atom stereocenters. The fraction of sp³-hybridized carbons (Fsp3) is 0.250. The van der Waals surface area contributed by atoms with Crippen LogP contribution in [0.25, 0.3) is 11.6 Å². The second kappa shape index (κ2) is 11.8. The number of nitrogens with one attached hydrogen (secondary N) is 1. The molecule has 4 aromatic rings. The van der Waals surface area contributed by atoms with E-state index in [2.05, 4.69) is 39.5 Å². The minimum Gasteiger partial charge on any atom is -0.370 e. The lowest BCUT2D eigenvalue weighted by molar-refractivity contribution is 0.124. The van der Waals surface area contributed by atoms with E-state index in [4.69, 9.17) is 26.6 Å². The van der Waals surface area contributed by atoms with Gasteiger partial charge in [-0.25, -0.2) is 9.78 Å². The maximum atomic E-state index is 13.1. The molecular weight excluding hydrogens is 550 g/mol. The van der Waals surface area contributed by atoms with Crippen molar-refractivity contribution in [3.8, 4) is 6.07 Å². The number of methoxy groups -OCH3 is 1. The summed E-state index contributed by atoms with van der Waals surface area (Å²) in [6.45, 7) is 2.43. The van der Waals surface area contributed by atoms with E-state index < -0.39 is 0 Å². The third-order valence-corrected chi connectivity index (χ3v) is 8.17. The number of hydrogen-bond acceptors (Lipinski definition) is 6. The summed E-state index contributed by atoms with van der Waals surface area (Å²) in [5, 5.41) is 12.6. The predicted molar refractivity (Wildman–Crippen MR) is 162 cm³/mol. The van der Waals surface area contributed by atoms with Crippen LogP contribution in [0.15, 0.2) is 73.3 Å². The number of rotatable bonds is 5. The van der Waals surface area contributed by atoms with Gasteiger partial charge in [0, 0.05) is 57.2 Å². The summed E-state index contributed by atoms with van der Waals surface area (Å²) in [5.74, 6) is 0. The van der Waals surface area contributed by atoms with Crippen molar-refractivity contribution in [1.82, 2.24) is 24.3 Å². The zero-order chi connectivity index (χ0) is 29.2. The lowest BCUT2D eigenvalue weighted by Crippen LogP contribution is -2.51. The zero-order valence-corrected chi connectivity index (χ0v) is 24.1. The van der Waals surface area contributed by atoms with Crippen molar-refractivity contribution in [3.05, 3.63) is 112 Å². The van der Waals surface area contributed by atoms with Crippen molar-refractivity contribution in [2.24, 2.45) is 7.05 Å². The van der Waals surface area contributed by atoms with Gasteiger partial charge in [-0.05, 0) is 70.8 Å². The summed E-state index contributed by atoms with van der Waals surface area (Å²) in [4.78, 5) is 26.5. The summed E-state index contributed by atoms with van der Waals surface area (Å²) in [5.41, 5.74) is 7.17. The molecule has 0 radical (unpaired) electrons. The van der Waals surface area contributed by atoms with E-state index in [9.17, 15) is 4.79 Å². The Morgan fingerprint density at radius 3 is 2.62 bits per heavy atom. The number of anilines is 1. The molecular formula is C32H30ClN7O2. The van der Waals surface area contributed by atoms with Gasteiger partial charge in [-0.1, -0.05) is 23.7 Å². The van der Waals surface area contributed by atoms with Gasteiger partial charge >= 0.3 is 6.03 Å². The highest BCUT2D eigenvalue weighted by molar-refractivity contribution is 6.30. The van der Waals surface area contributed by atoms with Crippen LogP contribution in [0.4, 0.5) is 10.5 Å². The molecule has 2 aliphatic rings. The Kier molecular flexibility index (Phi) is 7.76. The van der Waals surface area contributed by atoms with Crippen molar-refractivity contribution in [3.63, 3.8) is 0 Å². The van der Waals surface area contributed by atoms with Crippen LogP contribution in [0, 0.1) is 11.3 Å². The third kappa shape index (κ3) is 5.28. The number of pyridine rings is 1. The Labute approximate surface area is 249 Å². The Balaban J connectivity index is 1.31. The van der Waals surface area contributed by atoms with E-state index in [1.54, 1.807) is 37.7 Å². The normalized spacial score (nSPS) is 17.3. The number of nitrogens with zero attached hydrogens (tertiary/aromatic N) is 6. The van der Waals surface area contributed by atoms with Gasteiger partial charge in [0.05, 0.1) is 41.6 Å². The van der Waals surface area contributed by atoms with Crippen LogP contribution in [0.1, 0.15) is 45.8 Å². The summed E-state index contributed by atoms with van der Waals surface area (Å²) in [7, 11) is 3.66. The molecule has 1 aliphatic carbocycles. The predicted octanol–water partition coefficient (Wildman–Crippen LogP) is 5.52. The van der Waals surface area contributed by atoms with Gasteiger partial charge in [0.2, 0.25) is 0 Å². The molecule has 1 N–H and O–H groups in total. The number of carbonyl (C=O) groups excluding carboxylic acids is 1. The van der Waals surface area contributed by atoms with Gasteiger partial charge in [-0.2, -0.15) is 5.26 Å². The first-order valence-corrected chi connectivity index (χ1v) is 14.1. The Hall–Kier alpha value is -4.49. The summed E-state index contributed by atoms with van der Waals surface area (Å²) in [6, 6.07) is 18.7. The van der Waals surface area contributed by atoms with Crippen LogP contribution < -0.4 is 5.32 Å². The zero-order valence-electron chi connectivity index (χ0n) is 23.4. The number of hydrogen-bond donors (Lipinski definition) is 1. The highest BCUT2D eigenvalue weighted by atomic mass is 35.5. The second-order valence-electron chi connectivity index (χ2n) is 10.4. The number of halogens is 1. The van der Waals surface area contributed by atoms with E-state index in [0.29, 0.717) is 42.5 Å². The van der Waals surface area contributed by atoms with E-state index in [0.717, 1.165) is 33.7 Å². The molecule has 6 rings (SSSR count). The minimum atomic E-state index is -0.371. The number of ether oxygens (including phenoxy) is 1. The van der Waals surface area contributed by atoms with Crippen molar-refractivity contribution >= 4 is 35.0 Å². The molecule has 9 nitrogen and oxygen atoms in total. The van der Waals surface area contributed by atoms with Crippen molar-refractivity contribution in [2.45, 2.75) is 12.1 Å². The Morgan fingerprint density at radius 2 is 1.93 bits per heavy atom. The lowest BCUT2D eigenvalue weighted by atomic mass is 9.91. The molecule has 42 heavy (non-hydrogen) atoms. The number of piperazine rings is 1. The van der Waals surface area contributed by atoms with E-state index in [1.165, 1.54) is 0 Å². The van der Waals surface area contributed by atoms with Crippen LogP contribution in [-0.2, 0) is 11.8 Å². The fourth-order valence-electron chi connectivity index (χ4n) is 5.82. The highest BCUT2D eigenvalue weighted by Gasteiger charge is 2.35. The standard InChI is InChI=1S/C32H30ClN7O2/c1-38-20-35-19-28(38)31(42-2)27-16-22-4-3-11-36-29(22)30(25-10-7-23(33)17-26(25)27)39-12-14-40(15-13-39)32(41)37-24-8-5-21(18-34)6-9-24/h3-11,16-17,19-20,30-31H,12-15H2,1-2H3,(H,37,41)/t30-,31?/m0/s1. The quantitative estimate of drug-likeness (QED) is 0.334. The molecule has 3 heterocycles. The van der Waals surface area contributed by atoms with Crippen LogP contribution in [0.2, 0.25) is 5.02 Å². The molecule has 1 fully saturated rings. The highest BCUT2D eigenvalue weighted by Crippen LogP contribution is 2.45. The van der Waals surface area contributed by atoms with Crippen LogP contribution in [0.3, 0.4) is 0 Å². The smallest absolute Gasteiger partial charge is 0.321 e. The van der Waals surface area contributed by atoms with Crippen molar-refractivity contribution in [2.75, 3.05) is 38.6 Å². The molecule has 2 aromatic carbocycles. The second-order valence-corrected chi connectivity index (χ2v) is 10.8. The molecule has 0 saturated carbocycles. The van der Waals surface area contributed by atoms with Crippen molar-refractivity contribution in [1.29, 1.82) is 5.26 Å². The Bertz CT molecular complexity index is 1680. The van der Waals surface area contributed by atoms with E-state index >= 15 is 0 Å². The molecule has 212 valence electrons. The number of aryl methyl sites for hydroxylation is 1. The van der Waals surface area contributed by atoms with Gasteiger partial charge in [-0.3, -0.25) is 9.88 Å². The molecule has 1 aliphatic heterocycles. The van der Waals surface area contributed by atoms with Crippen LogP contribution in [0.5, 0.6) is 0 Å². The summed E-state index contributed by atoms with van der Waals surface area (Å²) < 4.78 is 8.06. The number of fused-ring (bicyclic) bond motifs is 2. The van der Waals surface area contributed by atoms with Gasteiger partial charge in [0.25, 0.3) is 0 Å². The summed E-state index contributed by atoms with van der Waals surface area (Å²) >= 11 is 6.60. The summed E-state index contributed by atoms with van der Waals surface area (Å²) in [6.07, 6.45) is 7.21. The third-order valence-electron chi connectivity index (χ3n) is 7.93. The largest absolute Gasteiger partial charge is 0.370 e. The number of imidazole rings is 1.